The van der Waals surface area contributed by atoms with Gasteiger partial charge in [0.2, 0.25) is 0 Å². The average molecular weight is 281 g/mol. The standard InChI is InChI=1S/C15H23NO2S/c1-17-13-8-5-9-14(18-2)15(13)12(16)10-19-11-6-3-4-7-11/h5,8-9,11-12H,3-4,6-7,10,16H2,1-2H3. The van der Waals surface area contributed by atoms with E-state index in [0.29, 0.717) is 0 Å². The van der Waals surface area contributed by atoms with E-state index in [1.54, 1.807) is 14.2 Å². The summed E-state index contributed by atoms with van der Waals surface area (Å²) in [4.78, 5) is 0. The van der Waals surface area contributed by atoms with Crippen molar-refractivity contribution in [3.63, 3.8) is 0 Å². The van der Waals surface area contributed by atoms with E-state index in [-0.39, 0.29) is 6.04 Å². The van der Waals surface area contributed by atoms with Crippen LogP contribution >= 0.6 is 11.8 Å². The van der Waals surface area contributed by atoms with Gasteiger partial charge < -0.3 is 15.2 Å². The van der Waals surface area contributed by atoms with Crippen molar-refractivity contribution in [1.82, 2.24) is 0 Å². The summed E-state index contributed by atoms with van der Waals surface area (Å²) < 4.78 is 10.8. The molecule has 0 aliphatic heterocycles. The molecule has 0 bridgehead atoms. The van der Waals surface area contributed by atoms with Crippen molar-refractivity contribution >= 4 is 11.8 Å². The van der Waals surface area contributed by atoms with Crippen molar-refractivity contribution in [2.45, 2.75) is 37.0 Å². The molecule has 19 heavy (non-hydrogen) atoms. The summed E-state index contributed by atoms with van der Waals surface area (Å²) in [5.74, 6) is 2.55. The lowest BCUT2D eigenvalue weighted by Gasteiger charge is -2.20. The van der Waals surface area contributed by atoms with Gasteiger partial charge in [0.05, 0.1) is 19.8 Å². The molecule has 2 N–H and O–H groups in total. The average Bonchev–Trinajstić information content (AvgIpc) is 2.97. The summed E-state index contributed by atoms with van der Waals surface area (Å²) >= 11 is 1.99. The van der Waals surface area contributed by atoms with Crippen LogP contribution < -0.4 is 15.2 Å². The summed E-state index contributed by atoms with van der Waals surface area (Å²) in [6.07, 6.45) is 5.40. The summed E-state index contributed by atoms with van der Waals surface area (Å²) in [7, 11) is 3.35. The number of nitrogens with two attached hydrogens (primary N) is 1. The van der Waals surface area contributed by atoms with E-state index in [1.807, 2.05) is 30.0 Å². The largest absolute Gasteiger partial charge is 0.496 e. The zero-order chi connectivity index (χ0) is 13.7. The molecule has 1 unspecified atom stereocenters. The topological polar surface area (TPSA) is 44.5 Å². The van der Waals surface area contributed by atoms with Crippen LogP contribution in [-0.2, 0) is 0 Å². The van der Waals surface area contributed by atoms with Crippen molar-refractivity contribution in [1.29, 1.82) is 0 Å². The van der Waals surface area contributed by atoms with Crippen molar-refractivity contribution in [2.75, 3.05) is 20.0 Å². The molecule has 0 aromatic heterocycles. The second kappa shape index (κ2) is 7.06. The Hall–Kier alpha value is -0.870. The van der Waals surface area contributed by atoms with E-state index in [2.05, 4.69) is 0 Å². The van der Waals surface area contributed by atoms with Crippen LogP contribution in [0, 0.1) is 0 Å². The molecule has 2 rings (SSSR count). The van der Waals surface area contributed by atoms with Gasteiger partial charge in [-0.2, -0.15) is 11.8 Å². The fraction of sp³-hybridized carbons (Fsp3) is 0.600. The highest BCUT2D eigenvalue weighted by Crippen LogP contribution is 2.37. The minimum Gasteiger partial charge on any atom is -0.496 e. The summed E-state index contributed by atoms with van der Waals surface area (Å²) in [5, 5.41) is 0.784. The van der Waals surface area contributed by atoms with Crippen LogP contribution in [0.4, 0.5) is 0 Å². The molecule has 0 heterocycles. The monoisotopic (exact) mass is 281 g/mol. The first-order valence-electron chi connectivity index (χ1n) is 6.84. The molecule has 0 radical (unpaired) electrons. The maximum Gasteiger partial charge on any atom is 0.127 e. The lowest BCUT2D eigenvalue weighted by Crippen LogP contribution is -2.17. The quantitative estimate of drug-likeness (QED) is 0.868. The number of ether oxygens (including phenoxy) is 2. The third-order valence-electron chi connectivity index (χ3n) is 3.65. The third kappa shape index (κ3) is 3.57. The van der Waals surface area contributed by atoms with Crippen molar-refractivity contribution in [2.24, 2.45) is 5.73 Å². The van der Waals surface area contributed by atoms with Crippen LogP contribution in [0.25, 0.3) is 0 Å². The molecule has 3 nitrogen and oxygen atoms in total. The Morgan fingerprint density at radius 2 is 1.79 bits per heavy atom. The molecular weight excluding hydrogens is 258 g/mol. The minimum absolute atomic E-state index is 0.0447. The Bertz CT molecular complexity index is 383. The highest BCUT2D eigenvalue weighted by atomic mass is 32.2. The lowest BCUT2D eigenvalue weighted by atomic mass is 10.1. The van der Waals surface area contributed by atoms with Gasteiger partial charge in [-0.3, -0.25) is 0 Å². The van der Waals surface area contributed by atoms with Crippen molar-refractivity contribution in [3.05, 3.63) is 23.8 Å². The molecule has 1 aromatic rings. The second-order valence-electron chi connectivity index (χ2n) is 4.92. The normalized spacial score (nSPS) is 17.4. The van der Waals surface area contributed by atoms with Crippen LogP contribution in [0.1, 0.15) is 37.3 Å². The fourth-order valence-electron chi connectivity index (χ4n) is 2.62. The summed E-state index contributed by atoms with van der Waals surface area (Å²) in [5.41, 5.74) is 7.33. The molecule has 1 aliphatic carbocycles. The van der Waals surface area contributed by atoms with E-state index >= 15 is 0 Å². The molecule has 1 aliphatic rings. The molecule has 0 amide bonds. The Morgan fingerprint density at radius 1 is 1.21 bits per heavy atom. The van der Waals surface area contributed by atoms with Gasteiger partial charge in [-0.1, -0.05) is 18.9 Å². The van der Waals surface area contributed by atoms with E-state index in [0.717, 1.165) is 28.1 Å². The van der Waals surface area contributed by atoms with Crippen LogP contribution in [0.15, 0.2) is 18.2 Å². The van der Waals surface area contributed by atoms with Crippen LogP contribution in [0.3, 0.4) is 0 Å². The first-order chi connectivity index (χ1) is 9.26. The smallest absolute Gasteiger partial charge is 0.127 e. The van der Waals surface area contributed by atoms with Crippen molar-refractivity contribution < 1.29 is 9.47 Å². The van der Waals surface area contributed by atoms with E-state index in [9.17, 15) is 0 Å². The zero-order valence-electron chi connectivity index (χ0n) is 11.7. The SMILES string of the molecule is COc1cccc(OC)c1C(N)CSC1CCCC1. The third-order valence-corrected chi connectivity index (χ3v) is 5.14. The van der Waals surface area contributed by atoms with Gasteiger partial charge in [-0.05, 0) is 25.0 Å². The molecule has 1 aromatic carbocycles. The predicted molar refractivity (Wildman–Crippen MR) is 81.2 cm³/mol. The first-order valence-corrected chi connectivity index (χ1v) is 7.89. The Labute approximate surface area is 119 Å². The fourth-order valence-corrected chi connectivity index (χ4v) is 3.94. The summed E-state index contributed by atoms with van der Waals surface area (Å²) in [6.45, 7) is 0. The Kier molecular flexibility index (Phi) is 5.40. The number of hydrogen-bond acceptors (Lipinski definition) is 4. The van der Waals surface area contributed by atoms with Crippen molar-refractivity contribution in [3.8, 4) is 11.5 Å². The number of methoxy groups -OCH3 is 2. The predicted octanol–water partition coefficient (Wildman–Crippen LogP) is 3.38. The molecule has 1 fully saturated rings. The molecule has 1 saturated carbocycles. The number of rotatable bonds is 6. The van der Waals surface area contributed by atoms with E-state index in [1.165, 1.54) is 25.7 Å². The lowest BCUT2D eigenvalue weighted by molar-refractivity contribution is 0.381. The molecule has 0 saturated heterocycles. The van der Waals surface area contributed by atoms with Gasteiger partial charge in [0.15, 0.2) is 0 Å². The Morgan fingerprint density at radius 3 is 2.32 bits per heavy atom. The molecule has 4 heteroatoms. The number of hydrogen-bond donors (Lipinski definition) is 1. The van der Waals surface area contributed by atoms with Gasteiger partial charge in [0, 0.05) is 17.0 Å². The van der Waals surface area contributed by atoms with Gasteiger partial charge in [-0.15, -0.1) is 0 Å². The van der Waals surface area contributed by atoms with Crippen LogP contribution in [-0.4, -0.2) is 25.2 Å². The first kappa shape index (κ1) is 14.5. The highest BCUT2D eigenvalue weighted by Gasteiger charge is 2.21. The maximum atomic E-state index is 6.35. The molecule has 0 spiro atoms. The van der Waals surface area contributed by atoms with Gasteiger partial charge in [0.1, 0.15) is 11.5 Å². The maximum absolute atomic E-state index is 6.35. The van der Waals surface area contributed by atoms with E-state index in [4.69, 9.17) is 15.2 Å². The summed E-state index contributed by atoms with van der Waals surface area (Å²) in [6, 6.07) is 5.77. The van der Waals surface area contributed by atoms with Gasteiger partial charge in [-0.25, -0.2) is 0 Å². The number of thioether (sulfide) groups is 1. The van der Waals surface area contributed by atoms with Gasteiger partial charge >= 0.3 is 0 Å². The second-order valence-corrected chi connectivity index (χ2v) is 6.26. The molecular formula is C15H23NO2S. The Balaban J connectivity index is 2.05. The van der Waals surface area contributed by atoms with Gasteiger partial charge in [0.25, 0.3) is 0 Å². The zero-order valence-corrected chi connectivity index (χ0v) is 12.5. The van der Waals surface area contributed by atoms with Crippen LogP contribution in [0.2, 0.25) is 0 Å². The van der Waals surface area contributed by atoms with E-state index < -0.39 is 0 Å². The molecule has 1 atom stereocenters. The molecule has 106 valence electrons. The number of benzene rings is 1. The highest BCUT2D eigenvalue weighted by molar-refractivity contribution is 7.99. The van der Waals surface area contributed by atoms with Crippen LogP contribution in [0.5, 0.6) is 11.5 Å². The minimum atomic E-state index is -0.0447.